The van der Waals surface area contributed by atoms with Crippen LogP contribution in [0.25, 0.3) is 0 Å². The minimum atomic E-state index is -1.42. The third kappa shape index (κ3) is 3.69. The summed E-state index contributed by atoms with van der Waals surface area (Å²) in [6.45, 7) is -0.189. The summed E-state index contributed by atoms with van der Waals surface area (Å²) in [5.41, 5.74) is -0.637. The van der Waals surface area contributed by atoms with Crippen molar-refractivity contribution in [3.05, 3.63) is 47.5 Å². The number of esters is 1. The molecule has 1 aliphatic rings. The number of aliphatic hydroxyl groups excluding tert-OH is 1. The Kier molecular flexibility index (Phi) is 5.35. The van der Waals surface area contributed by atoms with Gasteiger partial charge in [-0.3, -0.25) is 0 Å². The van der Waals surface area contributed by atoms with E-state index in [1.54, 1.807) is 18.2 Å². The van der Waals surface area contributed by atoms with E-state index >= 15 is 0 Å². The minimum Gasteiger partial charge on any atom is -0.504 e. The monoisotopic (exact) mass is 390 g/mol. The average Bonchev–Trinajstić information content (AvgIpc) is 3.20. The molecule has 0 spiro atoms. The Morgan fingerprint density at radius 3 is 2.39 bits per heavy atom. The first-order valence-electron chi connectivity index (χ1n) is 8.60. The summed E-state index contributed by atoms with van der Waals surface area (Å²) in [5.74, 6) is -1.10. The number of carbonyl (C=O) groups excluding carboxylic acids is 1. The van der Waals surface area contributed by atoms with Gasteiger partial charge >= 0.3 is 5.97 Å². The second-order valence-corrected chi connectivity index (χ2v) is 6.71. The van der Waals surface area contributed by atoms with Crippen LogP contribution < -0.4 is 9.47 Å². The quantitative estimate of drug-likeness (QED) is 0.411. The first kappa shape index (κ1) is 19.8. The Morgan fingerprint density at radius 2 is 1.75 bits per heavy atom. The molecule has 0 bridgehead atoms. The van der Waals surface area contributed by atoms with Crippen LogP contribution in [0.4, 0.5) is 0 Å². The molecule has 0 radical (unpaired) electrons. The molecule has 0 unspecified atom stereocenters. The van der Waals surface area contributed by atoms with Gasteiger partial charge in [0.25, 0.3) is 0 Å². The molecule has 2 aromatic carbocycles. The van der Waals surface area contributed by atoms with Gasteiger partial charge in [0, 0.05) is 6.42 Å². The molecule has 3 rings (SSSR count). The SMILES string of the molecule is COc1ccc(C[C@@]2(O)[C@H](COC(=O)c3ccc(O)c(O)c3)[C@@H]2O)cc1OC. The van der Waals surface area contributed by atoms with Crippen molar-refractivity contribution in [2.75, 3.05) is 20.8 Å². The summed E-state index contributed by atoms with van der Waals surface area (Å²) in [4.78, 5) is 12.1. The maximum atomic E-state index is 12.1. The number of rotatable bonds is 7. The van der Waals surface area contributed by atoms with Gasteiger partial charge in [-0.05, 0) is 35.9 Å². The fourth-order valence-electron chi connectivity index (χ4n) is 3.17. The van der Waals surface area contributed by atoms with Gasteiger partial charge in [-0.25, -0.2) is 4.79 Å². The van der Waals surface area contributed by atoms with Crippen molar-refractivity contribution in [3.63, 3.8) is 0 Å². The molecular formula is C20H22O8. The number of hydrogen-bond acceptors (Lipinski definition) is 8. The predicted molar refractivity (Wildman–Crippen MR) is 97.8 cm³/mol. The lowest BCUT2D eigenvalue weighted by Gasteiger charge is -2.13. The Morgan fingerprint density at radius 1 is 1.04 bits per heavy atom. The van der Waals surface area contributed by atoms with Gasteiger partial charge in [0.1, 0.15) is 5.60 Å². The smallest absolute Gasteiger partial charge is 0.338 e. The van der Waals surface area contributed by atoms with Gasteiger partial charge in [0.15, 0.2) is 23.0 Å². The molecule has 1 saturated carbocycles. The van der Waals surface area contributed by atoms with Crippen molar-refractivity contribution in [1.82, 2.24) is 0 Å². The second-order valence-electron chi connectivity index (χ2n) is 6.71. The highest BCUT2D eigenvalue weighted by Gasteiger charge is 2.64. The molecule has 1 fully saturated rings. The summed E-state index contributed by atoms with van der Waals surface area (Å²) in [6, 6.07) is 8.73. The molecule has 4 N–H and O–H groups in total. The Balaban J connectivity index is 1.62. The lowest BCUT2D eigenvalue weighted by atomic mass is 10.0. The lowest BCUT2D eigenvalue weighted by molar-refractivity contribution is 0.0415. The molecule has 0 amide bonds. The number of hydrogen-bond donors (Lipinski definition) is 4. The highest BCUT2D eigenvalue weighted by molar-refractivity contribution is 5.90. The average molecular weight is 390 g/mol. The molecule has 0 saturated heterocycles. The zero-order chi connectivity index (χ0) is 20.5. The molecule has 150 valence electrons. The van der Waals surface area contributed by atoms with E-state index in [-0.39, 0.29) is 24.3 Å². The van der Waals surface area contributed by atoms with Crippen molar-refractivity contribution in [2.45, 2.75) is 18.1 Å². The maximum Gasteiger partial charge on any atom is 0.338 e. The van der Waals surface area contributed by atoms with Crippen molar-refractivity contribution in [2.24, 2.45) is 5.92 Å². The van der Waals surface area contributed by atoms with Crippen LogP contribution in [0.15, 0.2) is 36.4 Å². The summed E-state index contributed by atoms with van der Waals surface area (Å²) in [5, 5.41) is 39.5. The van der Waals surface area contributed by atoms with Crippen LogP contribution in [0.1, 0.15) is 15.9 Å². The fourth-order valence-corrected chi connectivity index (χ4v) is 3.17. The van der Waals surface area contributed by atoms with Crippen LogP contribution in [0.5, 0.6) is 23.0 Å². The summed E-state index contributed by atoms with van der Waals surface area (Å²) in [7, 11) is 3.03. The van der Waals surface area contributed by atoms with Gasteiger partial charge in [-0.15, -0.1) is 0 Å². The standard InChI is InChI=1S/C20H22O8/c1-26-16-6-3-11(7-17(16)27-2)9-20(25)13(18(20)23)10-28-19(24)12-4-5-14(21)15(22)8-12/h3-8,13,18,21-23,25H,9-10H2,1-2H3/t13-,18+,20-/m1/s1. The summed E-state index contributed by atoms with van der Waals surface area (Å²) in [6.07, 6.45) is -0.891. The number of aromatic hydroxyl groups is 2. The van der Waals surface area contributed by atoms with E-state index in [0.717, 1.165) is 11.6 Å². The van der Waals surface area contributed by atoms with Gasteiger partial charge in [0.05, 0.1) is 38.4 Å². The van der Waals surface area contributed by atoms with E-state index in [2.05, 4.69) is 0 Å². The molecule has 0 aliphatic heterocycles. The topological polar surface area (TPSA) is 126 Å². The summed E-state index contributed by atoms with van der Waals surface area (Å²) >= 11 is 0. The highest BCUT2D eigenvalue weighted by atomic mass is 16.5. The van der Waals surface area contributed by atoms with Gasteiger partial charge in [0.2, 0.25) is 0 Å². The zero-order valence-electron chi connectivity index (χ0n) is 15.5. The molecular weight excluding hydrogens is 368 g/mol. The maximum absolute atomic E-state index is 12.1. The largest absolute Gasteiger partial charge is 0.504 e. The van der Waals surface area contributed by atoms with Crippen molar-refractivity contribution < 1.29 is 39.4 Å². The van der Waals surface area contributed by atoms with E-state index in [1.807, 2.05) is 0 Å². The van der Waals surface area contributed by atoms with E-state index in [0.29, 0.717) is 11.5 Å². The number of carbonyl (C=O) groups is 1. The molecule has 28 heavy (non-hydrogen) atoms. The number of phenols is 2. The van der Waals surface area contributed by atoms with Gasteiger partial charge < -0.3 is 34.6 Å². The van der Waals surface area contributed by atoms with E-state index in [9.17, 15) is 25.2 Å². The minimum absolute atomic E-state index is 0.0499. The third-order valence-electron chi connectivity index (χ3n) is 4.97. The number of ether oxygens (including phenoxy) is 3. The van der Waals surface area contributed by atoms with Crippen molar-refractivity contribution >= 4 is 5.97 Å². The number of methoxy groups -OCH3 is 2. The first-order chi connectivity index (χ1) is 13.3. The van der Waals surface area contributed by atoms with Crippen LogP contribution in [0.3, 0.4) is 0 Å². The molecule has 2 aromatic rings. The van der Waals surface area contributed by atoms with Crippen LogP contribution >= 0.6 is 0 Å². The van der Waals surface area contributed by atoms with Crippen LogP contribution in [0, 0.1) is 5.92 Å². The van der Waals surface area contributed by atoms with Crippen LogP contribution in [-0.4, -0.2) is 58.9 Å². The normalized spacial score (nSPS) is 23.1. The third-order valence-corrected chi connectivity index (χ3v) is 4.97. The van der Waals surface area contributed by atoms with Crippen molar-refractivity contribution in [1.29, 1.82) is 0 Å². The molecule has 0 heterocycles. The van der Waals surface area contributed by atoms with E-state index < -0.39 is 29.3 Å². The van der Waals surface area contributed by atoms with E-state index in [4.69, 9.17) is 14.2 Å². The molecule has 3 atom stereocenters. The summed E-state index contributed by atoms with van der Waals surface area (Å²) < 4.78 is 15.5. The van der Waals surface area contributed by atoms with Gasteiger partial charge in [-0.1, -0.05) is 6.07 Å². The number of benzene rings is 2. The van der Waals surface area contributed by atoms with E-state index in [1.165, 1.54) is 26.4 Å². The Hall–Kier alpha value is -2.97. The number of phenolic OH excluding ortho intramolecular Hbond substituents is 2. The van der Waals surface area contributed by atoms with Gasteiger partial charge in [-0.2, -0.15) is 0 Å². The zero-order valence-corrected chi connectivity index (χ0v) is 15.5. The number of aliphatic hydroxyl groups is 2. The molecule has 8 nitrogen and oxygen atoms in total. The fraction of sp³-hybridized carbons (Fsp3) is 0.350. The molecule has 1 aliphatic carbocycles. The molecule has 8 heteroatoms. The first-order valence-corrected chi connectivity index (χ1v) is 8.60. The van der Waals surface area contributed by atoms with Crippen LogP contribution in [0.2, 0.25) is 0 Å². The molecule has 0 aromatic heterocycles. The highest BCUT2D eigenvalue weighted by Crippen LogP contribution is 2.47. The Labute approximate surface area is 161 Å². The lowest BCUT2D eigenvalue weighted by Crippen LogP contribution is -2.20. The van der Waals surface area contributed by atoms with Crippen molar-refractivity contribution in [3.8, 4) is 23.0 Å². The van der Waals surface area contributed by atoms with Crippen LogP contribution in [-0.2, 0) is 11.2 Å². The Bertz CT molecular complexity index is 881. The predicted octanol–water partition coefficient (Wildman–Crippen LogP) is 1.24. The second kappa shape index (κ2) is 7.57.